The quantitative estimate of drug-likeness (QED) is 0.830. The van der Waals surface area contributed by atoms with Gasteiger partial charge in [-0.3, -0.25) is 10.1 Å². The lowest BCUT2D eigenvalue weighted by atomic mass is 10.1. The zero-order chi connectivity index (χ0) is 14.5. The van der Waals surface area contributed by atoms with E-state index in [1.54, 1.807) is 24.3 Å². The standard InChI is InChI=1S/C15H13ClN2OS/c1-10-5-2-3-8-13(10)14(19)18-15(20)17-12-7-4-6-11(16)9-12/h2-9H,1H3,(H2,17,18,19,20). The lowest BCUT2D eigenvalue weighted by Crippen LogP contribution is -2.34. The van der Waals surface area contributed by atoms with Gasteiger partial charge in [-0.2, -0.15) is 0 Å². The lowest BCUT2D eigenvalue weighted by molar-refractivity contribution is 0.0977. The van der Waals surface area contributed by atoms with Crippen molar-refractivity contribution in [1.29, 1.82) is 0 Å². The highest BCUT2D eigenvalue weighted by Crippen LogP contribution is 2.14. The molecule has 0 aromatic heterocycles. The Hall–Kier alpha value is -1.91. The van der Waals surface area contributed by atoms with E-state index in [1.165, 1.54) is 0 Å². The highest BCUT2D eigenvalue weighted by atomic mass is 35.5. The van der Waals surface area contributed by atoms with Crippen molar-refractivity contribution in [3.63, 3.8) is 0 Å². The van der Waals surface area contributed by atoms with Crippen LogP contribution in [0.4, 0.5) is 5.69 Å². The maximum atomic E-state index is 12.1. The van der Waals surface area contributed by atoms with E-state index in [1.807, 2.05) is 31.2 Å². The molecule has 0 spiro atoms. The fourth-order valence-electron chi connectivity index (χ4n) is 1.73. The number of halogens is 1. The Bertz CT molecular complexity index is 658. The van der Waals surface area contributed by atoms with Gasteiger partial charge in [0.15, 0.2) is 5.11 Å². The maximum Gasteiger partial charge on any atom is 0.257 e. The summed E-state index contributed by atoms with van der Waals surface area (Å²) in [6.45, 7) is 1.88. The summed E-state index contributed by atoms with van der Waals surface area (Å²) in [7, 11) is 0. The number of anilines is 1. The summed E-state index contributed by atoms with van der Waals surface area (Å²) in [5.41, 5.74) is 2.23. The molecule has 102 valence electrons. The van der Waals surface area contributed by atoms with Crippen molar-refractivity contribution >= 4 is 40.5 Å². The predicted molar refractivity (Wildman–Crippen MR) is 86.3 cm³/mol. The summed E-state index contributed by atoms with van der Waals surface area (Å²) in [5, 5.41) is 6.40. The number of nitrogens with one attached hydrogen (secondary N) is 2. The molecule has 0 aliphatic heterocycles. The van der Waals surface area contributed by atoms with Crippen LogP contribution < -0.4 is 10.6 Å². The molecule has 0 fully saturated rings. The Morgan fingerprint density at radius 1 is 1.15 bits per heavy atom. The van der Waals surface area contributed by atoms with Gasteiger partial charge in [-0.1, -0.05) is 35.9 Å². The highest BCUT2D eigenvalue weighted by Gasteiger charge is 2.09. The molecule has 5 heteroatoms. The molecule has 0 bridgehead atoms. The van der Waals surface area contributed by atoms with Gasteiger partial charge < -0.3 is 5.32 Å². The van der Waals surface area contributed by atoms with E-state index in [-0.39, 0.29) is 11.0 Å². The van der Waals surface area contributed by atoms with Crippen LogP contribution in [0.2, 0.25) is 5.02 Å². The minimum Gasteiger partial charge on any atom is -0.332 e. The molecule has 2 aromatic carbocycles. The molecular weight excluding hydrogens is 292 g/mol. The van der Waals surface area contributed by atoms with Crippen molar-refractivity contribution in [2.75, 3.05) is 5.32 Å². The number of aryl methyl sites for hydroxylation is 1. The van der Waals surface area contributed by atoms with Crippen molar-refractivity contribution < 1.29 is 4.79 Å². The molecule has 2 rings (SSSR count). The van der Waals surface area contributed by atoms with E-state index in [2.05, 4.69) is 10.6 Å². The number of hydrogen-bond donors (Lipinski definition) is 2. The monoisotopic (exact) mass is 304 g/mol. The number of benzene rings is 2. The van der Waals surface area contributed by atoms with Crippen LogP contribution >= 0.6 is 23.8 Å². The molecule has 2 aromatic rings. The molecule has 0 radical (unpaired) electrons. The third-order valence-corrected chi connectivity index (χ3v) is 3.14. The Kier molecular flexibility index (Phi) is 4.71. The fourth-order valence-corrected chi connectivity index (χ4v) is 2.13. The van der Waals surface area contributed by atoms with Crippen LogP contribution in [-0.2, 0) is 0 Å². The van der Waals surface area contributed by atoms with Crippen molar-refractivity contribution in [2.45, 2.75) is 6.92 Å². The van der Waals surface area contributed by atoms with E-state index in [4.69, 9.17) is 23.8 Å². The zero-order valence-electron chi connectivity index (χ0n) is 10.8. The van der Waals surface area contributed by atoms with E-state index in [9.17, 15) is 4.79 Å². The summed E-state index contributed by atoms with van der Waals surface area (Å²) in [4.78, 5) is 12.1. The summed E-state index contributed by atoms with van der Waals surface area (Å²) in [6.07, 6.45) is 0. The first-order valence-electron chi connectivity index (χ1n) is 6.00. The first-order chi connectivity index (χ1) is 9.56. The van der Waals surface area contributed by atoms with E-state index in [0.29, 0.717) is 10.6 Å². The summed E-state index contributed by atoms with van der Waals surface area (Å²) in [6, 6.07) is 14.4. The van der Waals surface area contributed by atoms with Crippen molar-refractivity contribution in [1.82, 2.24) is 5.32 Å². The molecule has 0 saturated carbocycles. The highest BCUT2D eigenvalue weighted by molar-refractivity contribution is 7.80. The van der Waals surface area contributed by atoms with Crippen LogP contribution in [0.25, 0.3) is 0 Å². The van der Waals surface area contributed by atoms with Gasteiger partial charge in [0.25, 0.3) is 5.91 Å². The molecule has 0 aliphatic rings. The first-order valence-corrected chi connectivity index (χ1v) is 6.78. The zero-order valence-corrected chi connectivity index (χ0v) is 12.4. The van der Waals surface area contributed by atoms with Gasteiger partial charge in [0, 0.05) is 16.3 Å². The molecule has 0 atom stereocenters. The number of hydrogen-bond acceptors (Lipinski definition) is 2. The van der Waals surface area contributed by atoms with Crippen LogP contribution in [0.1, 0.15) is 15.9 Å². The van der Waals surface area contributed by atoms with Crippen LogP contribution in [0.15, 0.2) is 48.5 Å². The van der Waals surface area contributed by atoms with Gasteiger partial charge >= 0.3 is 0 Å². The third kappa shape index (κ3) is 3.79. The van der Waals surface area contributed by atoms with Gasteiger partial charge in [-0.05, 0) is 49.0 Å². The summed E-state index contributed by atoms with van der Waals surface area (Å²) < 4.78 is 0. The van der Waals surface area contributed by atoms with Crippen molar-refractivity contribution in [2.24, 2.45) is 0 Å². The Morgan fingerprint density at radius 2 is 1.90 bits per heavy atom. The molecule has 2 N–H and O–H groups in total. The topological polar surface area (TPSA) is 41.1 Å². The van der Waals surface area contributed by atoms with Gasteiger partial charge in [0.05, 0.1) is 0 Å². The average Bonchev–Trinajstić information content (AvgIpc) is 2.38. The van der Waals surface area contributed by atoms with Crippen LogP contribution in [0.3, 0.4) is 0 Å². The molecule has 0 aliphatic carbocycles. The molecule has 0 unspecified atom stereocenters. The van der Waals surface area contributed by atoms with Crippen molar-refractivity contribution in [3.05, 3.63) is 64.7 Å². The number of carbonyl (C=O) groups excluding carboxylic acids is 1. The second-order valence-corrected chi connectivity index (χ2v) is 5.08. The second kappa shape index (κ2) is 6.50. The van der Waals surface area contributed by atoms with E-state index < -0.39 is 0 Å². The third-order valence-electron chi connectivity index (χ3n) is 2.70. The number of carbonyl (C=O) groups is 1. The molecule has 1 amide bonds. The Labute approximate surface area is 128 Å². The molecule has 3 nitrogen and oxygen atoms in total. The first kappa shape index (κ1) is 14.5. The second-order valence-electron chi connectivity index (χ2n) is 4.23. The predicted octanol–water partition coefficient (Wildman–Crippen LogP) is 3.78. The van der Waals surface area contributed by atoms with Crippen LogP contribution in [-0.4, -0.2) is 11.0 Å². The van der Waals surface area contributed by atoms with Gasteiger partial charge in [-0.25, -0.2) is 0 Å². The molecule has 20 heavy (non-hydrogen) atoms. The maximum absolute atomic E-state index is 12.1. The van der Waals surface area contributed by atoms with Gasteiger partial charge in [0.2, 0.25) is 0 Å². The van der Waals surface area contributed by atoms with Crippen molar-refractivity contribution in [3.8, 4) is 0 Å². The normalized spacial score (nSPS) is 9.90. The molecular formula is C15H13ClN2OS. The fraction of sp³-hybridized carbons (Fsp3) is 0.0667. The number of rotatable bonds is 2. The number of thiocarbonyl (C=S) groups is 1. The average molecular weight is 305 g/mol. The van der Waals surface area contributed by atoms with Crippen LogP contribution in [0.5, 0.6) is 0 Å². The minimum atomic E-state index is -0.234. The lowest BCUT2D eigenvalue weighted by Gasteiger charge is -2.10. The Balaban J connectivity index is 2.02. The molecule has 0 heterocycles. The Morgan fingerprint density at radius 3 is 2.60 bits per heavy atom. The van der Waals surface area contributed by atoms with Gasteiger partial charge in [0.1, 0.15) is 0 Å². The van der Waals surface area contributed by atoms with Crippen LogP contribution in [0, 0.1) is 6.92 Å². The minimum absolute atomic E-state index is 0.234. The van der Waals surface area contributed by atoms with E-state index >= 15 is 0 Å². The SMILES string of the molecule is Cc1ccccc1C(=O)NC(=S)Nc1cccc(Cl)c1. The summed E-state index contributed by atoms with van der Waals surface area (Å²) >= 11 is 11.0. The largest absolute Gasteiger partial charge is 0.332 e. The van der Waals surface area contributed by atoms with E-state index in [0.717, 1.165) is 11.3 Å². The smallest absolute Gasteiger partial charge is 0.257 e. The molecule has 0 saturated heterocycles. The summed E-state index contributed by atoms with van der Waals surface area (Å²) in [5.74, 6) is -0.234. The van der Waals surface area contributed by atoms with Gasteiger partial charge in [-0.15, -0.1) is 0 Å². The number of amides is 1.